The van der Waals surface area contributed by atoms with Crippen LogP contribution in [0, 0.1) is 0 Å². The highest BCUT2D eigenvalue weighted by molar-refractivity contribution is 6.30. The SMILES string of the molecule is CCCCCCCCCCCCCCCC(=O)O.OB(O)O.OCCNCCO. The van der Waals surface area contributed by atoms with Crippen LogP contribution in [0.15, 0.2) is 0 Å². The van der Waals surface area contributed by atoms with Gasteiger partial charge in [0.1, 0.15) is 0 Å². The molecule has 0 saturated heterocycles. The monoisotopic (exact) mass is 423 g/mol. The van der Waals surface area contributed by atoms with E-state index in [-0.39, 0.29) is 13.2 Å². The molecule has 29 heavy (non-hydrogen) atoms. The minimum Gasteiger partial charge on any atom is -0.481 e. The molecule has 0 spiro atoms. The molecular formula is C20H46BNO7. The van der Waals surface area contributed by atoms with Crippen LogP contribution in [-0.4, -0.2) is 70.0 Å². The lowest BCUT2D eigenvalue weighted by molar-refractivity contribution is -0.137. The van der Waals surface area contributed by atoms with Crippen LogP contribution in [0.2, 0.25) is 0 Å². The Morgan fingerprint density at radius 2 is 1.00 bits per heavy atom. The predicted molar refractivity (Wildman–Crippen MR) is 117 cm³/mol. The predicted octanol–water partition coefficient (Wildman–Crippen LogP) is 2.06. The van der Waals surface area contributed by atoms with E-state index in [1.807, 2.05) is 0 Å². The highest BCUT2D eigenvalue weighted by atomic mass is 16.5. The zero-order chi connectivity index (χ0) is 22.6. The van der Waals surface area contributed by atoms with Crippen LogP contribution in [0.1, 0.15) is 96.8 Å². The second kappa shape index (κ2) is 32.0. The van der Waals surface area contributed by atoms with E-state index in [0.29, 0.717) is 19.5 Å². The normalized spacial score (nSPS) is 9.86. The van der Waals surface area contributed by atoms with Crippen LogP contribution in [0.4, 0.5) is 0 Å². The lowest BCUT2D eigenvalue weighted by Gasteiger charge is -2.02. The maximum absolute atomic E-state index is 10.3. The summed E-state index contributed by atoms with van der Waals surface area (Å²) in [6, 6.07) is 0. The van der Waals surface area contributed by atoms with Crippen LogP contribution in [0.25, 0.3) is 0 Å². The summed E-state index contributed by atoms with van der Waals surface area (Å²) in [7, 11) is -2.17. The number of carboxylic acids is 1. The van der Waals surface area contributed by atoms with Crippen molar-refractivity contribution in [1.29, 1.82) is 0 Å². The summed E-state index contributed by atoms with van der Waals surface area (Å²) in [5, 5.41) is 49.1. The van der Waals surface area contributed by atoms with Crippen molar-refractivity contribution in [3.8, 4) is 0 Å². The molecule has 8 nitrogen and oxygen atoms in total. The first-order valence-corrected chi connectivity index (χ1v) is 11.1. The summed E-state index contributed by atoms with van der Waals surface area (Å²) in [6.07, 6.45) is 17.3. The fourth-order valence-electron chi connectivity index (χ4n) is 2.58. The largest absolute Gasteiger partial charge is 0.631 e. The van der Waals surface area contributed by atoms with E-state index in [1.165, 1.54) is 70.6 Å². The van der Waals surface area contributed by atoms with Crippen molar-refractivity contribution in [1.82, 2.24) is 5.32 Å². The average molecular weight is 423 g/mol. The lowest BCUT2D eigenvalue weighted by atomic mass is 10.0. The number of aliphatic carboxylic acids is 1. The summed E-state index contributed by atoms with van der Waals surface area (Å²) in [4.78, 5) is 10.3. The molecule has 0 amide bonds. The molecule has 0 aliphatic heterocycles. The van der Waals surface area contributed by atoms with E-state index in [4.69, 9.17) is 30.4 Å². The van der Waals surface area contributed by atoms with Gasteiger partial charge in [0.15, 0.2) is 0 Å². The van der Waals surface area contributed by atoms with Crippen LogP contribution >= 0.6 is 0 Å². The Labute approximate surface area is 177 Å². The Bertz CT molecular complexity index is 291. The first-order chi connectivity index (χ1) is 13.9. The molecule has 0 fully saturated rings. The third-order valence-electron chi connectivity index (χ3n) is 4.07. The third-order valence-corrected chi connectivity index (χ3v) is 4.07. The van der Waals surface area contributed by atoms with Gasteiger partial charge >= 0.3 is 13.3 Å². The standard InChI is InChI=1S/C16H32O2.C4H11NO2.BH3O3/c1-2-3-4-5-6-7-8-9-10-11-12-13-14-15-16(17)18;6-3-1-5-2-4-7;2-1(3)4/h2-15H2,1H3,(H,17,18);5-7H,1-4H2;2-4H. The lowest BCUT2D eigenvalue weighted by Crippen LogP contribution is -2.21. The second-order valence-corrected chi connectivity index (χ2v) is 6.93. The van der Waals surface area contributed by atoms with Gasteiger partial charge in [0, 0.05) is 19.5 Å². The summed E-state index contributed by atoms with van der Waals surface area (Å²) >= 11 is 0. The Morgan fingerprint density at radius 1 is 0.690 bits per heavy atom. The highest BCUT2D eigenvalue weighted by Gasteiger charge is 1.97. The molecule has 9 heteroatoms. The van der Waals surface area contributed by atoms with Gasteiger partial charge in [-0.25, -0.2) is 0 Å². The number of hydrogen-bond acceptors (Lipinski definition) is 7. The number of carboxylic acid groups (broad SMARTS) is 1. The number of unbranched alkanes of at least 4 members (excludes halogenated alkanes) is 12. The average Bonchev–Trinajstić information content (AvgIpc) is 2.66. The van der Waals surface area contributed by atoms with E-state index in [2.05, 4.69) is 12.2 Å². The second-order valence-electron chi connectivity index (χ2n) is 6.93. The Hall–Kier alpha value is -0.705. The molecule has 0 radical (unpaired) electrons. The molecule has 0 aromatic rings. The molecule has 0 aliphatic rings. The Kier molecular flexibility index (Phi) is 36.3. The number of aliphatic hydroxyl groups is 2. The Balaban J connectivity index is -0.000000504. The van der Waals surface area contributed by atoms with Crippen LogP contribution < -0.4 is 5.32 Å². The summed E-state index contributed by atoms with van der Waals surface area (Å²) in [5.74, 6) is -0.655. The van der Waals surface area contributed by atoms with Crippen molar-refractivity contribution in [2.75, 3.05) is 26.3 Å². The van der Waals surface area contributed by atoms with E-state index in [9.17, 15) is 4.79 Å². The van der Waals surface area contributed by atoms with Gasteiger partial charge in [-0.05, 0) is 6.42 Å². The molecular weight excluding hydrogens is 377 g/mol. The van der Waals surface area contributed by atoms with Crippen molar-refractivity contribution in [3.63, 3.8) is 0 Å². The third kappa shape index (κ3) is 52.2. The van der Waals surface area contributed by atoms with Crippen molar-refractivity contribution in [2.24, 2.45) is 0 Å². The molecule has 0 aromatic carbocycles. The molecule has 0 bridgehead atoms. The van der Waals surface area contributed by atoms with Crippen LogP contribution in [0.3, 0.4) is 0 Å². The number of aliphatic hydroxyl groups excluding tert-OH is 2. The van der Waals surface area contributed by atoms with E-state index in [1.54, 1.807) is 0 Å². The van der Waals surface area contributed by atoms with E-state index in [0.717, 1.165) is 12.8 Å². The minimum absolute atomic E-state index is 0.139. The van der Waals surface area contributed by atoms with Crippen molar-refractivity contribution in [2.45, 2.75) is 96.8 Å². The molecule has 7 N–H and O–H groups in total. The topological polar surface area (TPSA) is 150 Å². The highest BCUT2D eigenvalue weighted by Crippen LogP contribution is 2.12. The molecule has 0 aromatic heterocycles. The van der Waals surface area contributed by atoms with Gasteiger partial charge in [0.2, 0.25) is 0 Å². The number of nitrogens with one attached hydrogen (secondary N) is 1. The summed E-state index contributed by atoms with van der Waals surface area (Å²) in [5.41, 5.74) is 0. The zero-order valence-electron chi connectivity index (χ0n) is 18.4. The van der Waals surface area contributed by atoms with Crippen molar-refractivity contribution >= 4 is 13.3 Å². The van der Waals surface area contributed by atoms with Crippen LogP contribution in [-0.2, 0) is 4.79 Å². The number of carbonyl (C=O) groups is 1. The maximum atomic E-state index is 10.3. The zero-order valence-corrected chi connectivity index (χ0v) is 18.4. The van der Waals surface area contributed by atoms with Crippen molar-refractivity contribution in [3.05, 3.63) is 0 Å². The van der Waals surface area contributed by atoms with Gasteiger partial charge in [-0.3, -0.25) is 4.79 Å². The molecule has 0 aliphatic carbocycles. The Morgan fingerprint density at radius 3 is 1.28 bits per heavy atom. The molecule has 0 atom stereocenters. The van der Waals surface area contributed by atoms with Gasteiger partial charge < -0.3 is 35.7 Å². The summed E-state index contributed by atoms with van der Waals surface area (Å²) < 4.78 is 0. The smallest absolute Gasteiger partial charge is 0.481 e. The van der Waals surface area contributed by atoms with Crippen LogP contribution in [0.5, 0.6) is 0 Å². The van der Waals surface area contributed by atoms with Gasteiger partial charge in [-0.1, -0.05) is 84.0 Å². The molecule has 0 heterocycles. The molecule has 0 rings (SSSR count). The van der Waals surface area contributed by atoms with Gasteiger partial charge in [0.25, 0.3) is 0 Å². The number of hydrogen-bond donors (Lipinski definition) is 7. The van der Waals surface area contributed by atoms with Gasteiger partial charge in [-0.15, -0.1) is 0 Å². The fourth-order valence-corrected chi connectivity index (χ4v) is 2.58. The first-order valence-electron chi connectivity index (χ1n) is 11.1. The molecule has 0 saturated carbocycles. The van der Waals surface area contributed by atoms with Crippen molar-refractivity contribution < 1.29 is 35.2 Å². The molecule has 176 valence electrons. The van der Waals surface area contributed by atoms with E-state index >= 15 is 0 Å². The summed E-state index contributed by atoms with van der Waals surface area (Å²) in [6.45, 7) is 3.68. The first kappa shape index (κ1) is 32.9. The van der Waals surface area contributed by atoms with Gasteiger partial charge in [0.05, 0.1) is 13.2 Å². The fraction of sp³-hybridized carbons (Fsp3) is 0.950. The minimum atomic E-state index is -2.17. The molecule has 0 unspecified atom stereocenters. The number of rotatable bonds is 18. The maximum Gasteiger partial charge on any atom is 0.631 e. The quantitative estimate of drug-likeness (QED) is 0.131. The van der Waals surface area contributed by atoms with Gasteiger partial charge in [-0.2, -0.15) is 0 Å². The van der Waals surface area contributed by atoms with E-state index < -0.39 is 13.3 Å².